The van der Waals surface area contributed by atoms with Crippen molar-refractivity contribution in [3.8, 4) is 0 Å². The van der Waals surface area contributed by atoms with Gasteiger partial charge in [-0.05, 0) is 38.0 Å². The van der Waals surface area contributed by atoms with Crippen LogP contribution in [0.1, 0.15) is 58.8 Å². The number of nitrogens with two attached hydrogens (primary N) is 1. The fourth-order valence-corrected chi connectivity index (χ4v) is 2.96. The molecule has 1 fully saturated rings. The highest BCUT2D eigenvalue weighted by molar-refractivity contribution is 5.03. The van der Waals surface area contributed by atoms with Crippen molar-refractivity contribution in [1.82, 2.24) is 0 Å². The fraction of sp³-hybridized carbons (Fsp3) is 0.857. The van der Waals surface area contributed by atoms with Crippen molar-refractivity contribution in [2.24, 2.45) is 17.6 Å². The molecule has 15 heavy (non-hydrogen) atoms. The van der Waals surface area contributed by atoms with Gasteiger partial charge in [0.1, 0.15) is 0 Å². The van der Waals surface area contributed by atoms with Gasteiger partial charge in [0.15, 0.2) is 0 Å². The Morgan fingerprint density at radius 2 is 2.13 bits per heavy atom. The summed E-state index contributed by atoms with van der Waals surface area (Å²) in [5.41, 5.74) is 7.66. The van der Waals surface area contributed by atoms with Crippen LogP contribution in [0.15, 0.2) is 12.2 Å². The van der Waals surface area contributed by atoms with Gasteiger partial charge >= 0.3 is 0 Å². The smallest absolute Gasteiger partial charge is 0.00728 e. The van der Waals surface area contributed by atoms with Crippen LogP contribution in [0.5, 0.6) is 0 Å². The molecule has 2 N–H and O–H groups in total. The predicted molar refractivity (Wildman–Crippen MR) is 67.8 cm³/mol. The van der Waals surface area contributed by atoms with Gasteiger partial charge < -0.3 is 5.73 Å². The van der Waals surface area contributed by atoms with Crippen molar-refractivity contribution >= 4 is 0 Å². The van der Waals surface area contributed by atoms with Crippen LogP contribution in [0.25, 0.3) is 0 Å². The molecular weight excluding hydrogens is 182 g/mol. The highest BCUT2D eigenvalue weighted by Crippen LogP contribution is 2.38. The number of hydrogen-bond acceptors (Lipinski definition) is 1. The van der Waals surface area contributed by atoms with Crippen LogP contribution in [0.4, 0.5) is 0 Å². The number of unbranched alkanes of at least 4 members (excludes halogenated alkanes) is 2. The molecule has 1 heteroatoms. The molecule has 1 aliphatic carbocycles. The van der Waals surface area contributed by atoms with Crippen LogP contribution in [0.2, 0.25) is 0 Å². The van der Waals surface area contributed by atoms with Gasteiger partial charge in [0.2, 0.25) is 0 Å². The van der Waals surface area contributed by atoms with Crippen LogP contribution in [0.3, 0.4) is 0 Å². The molecule has 1 unspecified atom stereocenters. The Labute approximate surface area is 95.1 Å². The van der Waals surface area contributed by atoms with E-state index < -0.39 is 0 Å². The molecule has 88 valence electrons. The van der Waals surface area contributed by atoms with E-state index in [0.29, 0.717) is 12.0 Å². The maximum absolute atomic E-state index is 6.31. The largest absolute Gasteiger partial charge is 0.327 e. The van der Waals surface area contributed by atoms with Crippen molar-refractivity contribution in [2.45, 2.75) is 64.8 Å². The van der Waals surface area contributed by atoms with E-state index in [1.54, 1.807) is 0 Å². The van der Waals surface area contributed by atoms with Crippen LogP contribution >= 0.6 is 0 Å². The molecule has 0 aromatic carbocycles. The minimum Gasteiger partial charge on any atom is -0.327 e. The van der Waals surface area contributed by atoms with E-state index in [4.69, 9.17) is 5.73 Å². The Morgan fingerprint density at radius 1 is 1.40 bits per heavy atom. The zero-order chi connectivity index (χ0) is 11.3. The Bertz CT molecular complexity index is 198. The van der Waals surface area contributed by atoms with Crippen molar-refractivity contribution in [3.05, 3.63) is 12.2 Å². The summed E-state index contributed by atoms with van der Waals surface area (Å²) in [6, 6.07) is 0.417. The molecule has 0 aliphatic heterocycles. The number of allylic oxidation sites excluding steroid dienone is 1. The zero-order valence-electron chi connectivity index (χ0n) is 10.5. The molecule has 3 atom stereocenters. The summed E-state index contributed by atoms with van der Waals surface area (Å²) in [5, 5.41) is 0. The van der Waals surface area contributed by atoms with Gasteiger partial charge in [-0.25, -0.2) is 0 Å². The van der Waals surface area contributed by atoms with E-state index >= 15 is 0 Å². The van der Waals surface area contributed by atoms with Crippen LogP contribution in [0, 0.1) is 11.8 Å². The van der Waals surface area contributed by atoms with E-state index in [0.717, 1.165) is 5.92 Å². The van der Waals surface area contributed by atoms with Crippen LogP contribution in [-0.4, -0.2) is 6.04 Å². The third-order valence-electron chi connectivity index (χ3n) is 3.89. The molecule has 1 rings (SSSR count). The maximum atomic E-state index is 6.31. The lowest BCUT2D eigenvalue weighted by Gasteiger charge is -2.26. The zero-order valence-corrected chi connectivity index (χ0v) is 10.5. The highest BCUT2D eigenvalue weighted by Gasteiger charge is 2.31. The Balaban J connectivity index is 2.36. The summed E-state index contributed by atoms with van der Waals surface area (Å²) in [6.07, 6.45) is 9.13. The lowest BCUT2D eigenvalue weighted by Crippen LogP contribution is -2.32. The topological polar surface area (TPSA) is 26.0 Å². The summed E-state index contributed by atoms with van der Waals surface area (Å²) < 4.78 is 0. The van der Waals surface area contributed by atoms with E-state index in [-0.39, 0.29) is 0 Å². The number of hydrogen-bond donors (Lipinski definition) is 1. The van der Waals surface area contributed by atoms with Gasteiger partial charge in [0.25, 0.3) is 0 Å². The maximum Gasteiger partial charge on any atom is 0.00728 e. The molecule has 0 bridgehead atoms. The summed E-state index contributed by atoms with van der Waals surface area (Å²) in [5.74, 6) is 1.43. The quantitative estimate of drug-likeness (QED) is 0.521. The summed E-state index contributed by atoms with van der Waals surface area (Å²) >= 11 is 0. The molecule has 0 heterocycles. The second-order valence-corrected chi connectivity index (χ2v) is 5.21. The van der Waals surface area contributed by atoms with Gasteiger partial charge in [-0.1, -0.05) is 44.8 Å². The SMILES string of the molecule is C=C(C)C1CCC[C@H]1[C@H](N)CCCCC. The fourth-order valence-electron chi connectivity index (χ4n) is 2.96. The number of rotatable bonds is 6. The molecular formula is C14H27N. The molecule has 1 aliphatic rings. The minimum atomic E-state index is 0.417. The van der Waals surface area contributed by atoms with Gasteiger partial charge in [-0.15, -0.1) is 0 Å². The van der Waals surface area contributed by atoms with E-state index in [9.17, 15) is 0 Å². The Hall–Kier alpha value is -0.300. The first-order valence-electron chi connectivity index (χ1n) is 6.57. The third kappa shape index (κ3) is 3.64. The van der Waals surface area contributed by atoms with Gasteiger partial charge in [-0.3, -0.25) is 0 Å². The third-order valence-corrected chi connectivity index (χ3v) is 3.89. The second kappa shape index (κ2) is 6.32. The van der Waals surface area contributed by atoms with Crippen molar-refractivity contribution in [1.29, 1.82) is 0 Å². The average Bonchev–Trinajstić information content (AvgIpc) is 2.66. The normalized spacial score (nSPS) is 27.9. The first-order valence-corrected chi connectivity index (χ1v) is 6.57. The standard InChI is InChI=1S/C14H27N/c1-4-5-6-10-14(15)13-9-7-8-12(13)11(2)3/h12-14H,2,4-10,15H2,1,3H3/t12?,13-,14-/m1/s1. The molecule has 0 saturated heterocycles. The summed E-state index contributed by atoms with van der Waals surface area (Å²) in [4.78, 5) is 0. The van der Waals surface area contributed by atoms with E-state index in [2.05, 4.69) is 20.4 Å². The average molecular weight is 209 g/mol. The molecule has 0 amide bonds. The van der Waals surface area contributed by atoms with E-state index in [1.165, 1.54) is 50.5 Å². The lowest BCUT2D eigenvalue weighted by molar-refractivity contribution is 0.338. The van der Waals surface area contributed by atoms with Gasteiger partial charge in [-0.2, -0.15) is 0 Å². The molecule has 0 aromatic heterocycles. The predicted octanol–water partition coefficient (Wildman–Crippen LogP) is 3.89. The second-order valence-electron chi connectivity index (χ2n) is 5.21. The van der Waals surface area contributed by atoms with Crippen molar-refractivity contribution < 1.29 is 0 Å². The molecule has 1 saturated carbocycles. The van der Waals surface area contributed by atoms with Crippen LogP contribution in [-0.2, 0) is 0 Å². The minimum absolute atomic E-state index is 0.417. The lowest BCUT2D eigenvalue weighted by atomic mass is 9.83. The van der Waals surface area contributed by atoms with Crippen molar-refractivity contribution in [2.75, 3.05) is 0 Å². The molecule has 0 spiro atoms. The van der Waals surface area contributed by atoms with Crippen LogP contribution < -0.4 is 5.73 Å². The van der Waals surface area contributed by atoms with E-state index in [1.807, 2.05) is 0 Å². The molecule has 1 nitrogen and oxygen atoms in total. The first kappa shape index (κ1) is 12.8. The summed E-state index contributed by atoms with van der Waals surface area (Å²) in [7, 11) is 0. The summed E-state index contributed by atoms with van der Waals surface area (Å²) in [6.45, 7) is 8.53. The monoisotopic (exact) mass is 209 g/mol. The Kier molecular flexibility index (Phi) is 5.38. The first-order chi connectivity index (χ1) is 7.16. The van der Waals surface area contributed by atoms with Gasteiger partial charge in [0, 0.05) is 6.04 Å². The molecule has 0 aromatic rings. The highest BCUT2D eigenvalue weighted by atomic mass is 14.7. The van der Waals surface area contributed by atoms with Crippen molar-refractivity contribution in [3.63, 3.8) is 0 Å². The molecule has 0 radical (unpaired) electrons. The van der Waals surface area contributed by atoms with Gasteiger partial charge in [0.05, 0.1) is 0 Å². The Morgan fingerprint density at radius 3 is 2.73 bits per heavy atom.